The van der Waals surface area contributed by atoms with Gasteiger partial charge in [0.15, 0.2) is 0 Å². The molecule has 0 aliphatic carbocycles. The molecular weight excluding hydrogens is 359 g/mol. The van der Waals surface area contributed by atoms with Gasteiger partial charge in [-0.2, -0.15) is 0 Å². The van der Waals surface area contributed by atoms with E-state index < -0.39 is 15.3 Å². The molecule has 0 fully saturated rings. The zero-order chi connectivity index (χ0) is 12.3. The van der Waals surface area contributed by atoms with Crippen LogP contribution >= 0.6 is 34.8 Å². The first-order chi connectivity index (χ1) is 7.34. The lowest BCUT2D eigenvalue weighted by molar-refractivity contribution is 0.598. The largest absolute Gasteiger partial charge is 0.392 e. The number of halogens is 1. The predicted octanol–water partition coefficient (Wildman–Crippen LogP) is 1.71. The van der Waals surface area contributed by atoms with Crippen LogP contribution in [0, 0.1) is 3.57 Å². The first kappa shape index (κ1) is 13.7. The Kier molecular flexibility index (Phi) is 4.51. The minimum absolute atomic E-state index is 0.0431. The van der Waals surface area contributed by atoms with Crippen molar-refractivity contribution >= 4 is 55.5 Å². The maximum atomic E-state index is 11.8. The number of thiocarbonyl (C=S) groups is 1. The molecule has 0 aliphatic heterocycles. The van der Waals surface area contributed by atoms with Gasteiger partial charge in [-0.25, -0.2) is 8.42 Å². The van der Waals surface area contributed by atoms with E-state index in [2.05, 4.69) is 39.5 Å². The predicted molar refractivity (Wildman–Crippen MR) is 77.9 cm³/mol. The van der Waals surface area contributed by atoms with E-state index in [-0.39, 0.29) is 4.99 Å². The summed E-state index contributed by atoms with van der Waals surface area (Å²) in [4.78, 5) is -0.0431. The third kappa shape index (κ3) is 3.29. The molecule has 3 N–H and O–H groups in total. The van der Waals surface area contributed by atoms with Gasteiger partial charge in [-0.15, -0.1) is 0 Å². The lowest BCUT2D eigenvalue weighted by Gasteiger charge is -2.14. The zero-order valence-electron chi connectivity index (χ0n) is 8.48. The van der Waals surface area contributed by atoms with Gasteiger partial charge in [-0.3, -0.25) is 4.72 Å². The Hall–Kier alpha value is -0.410. The van der Waals surface area contributed by atoms with Crippen LogP contribution in [0.1, 0.15) is 6.92 Å². The molecule has 1 aromatic rings. The fraction of sp³-hybridized carbons (Fsp3) is 0.222. The minimum Gasteiger partial charge on any atom is -0.392 e. The Balaban J connectivity index is 2.98. The van der Waals surface area contributed by atoms with Gasteiger partial charge < -0.3 is 5.73 Å². The van der Waals surface area contributed by atoms with Crippen LogP contribution < -0.4 is 10.5 Å². The molecule has 0 aromatic heterocycles. The fourth-order valence-electron chi connectivity index (χ4n) is 0.939. The molecule has 1 rings (SSSR count). The molecule has 1 aromatic carbocycles. The highest BCUT2D eigenvalue weighted by atomic mass is 127. The van der Waals surface area contributed by atoms with Crippen LogP contribution in [-0.4, -0.2) is 18.7 Å². The van der Waals surface area contributed by atoms with Crippen LogP contribution in [0.4, 0.5) is 5.69 Å². The maximum Gasteiger partial charge on any atom is 0.241 e. The van der Waals surface area contributed by atoms with Crippen molar-refractivity contribution in [2.45, 2.75) is 12.2 Å². The number of para-hydroxylation sites is 1. The van der Waals surface area contributed by atoms with Gasteiger partial charge in [0.05, 0.1) is 10.7 Å². The molecule has 0 amide bonds. The standard InChI is InChI=1S/C9H11IN2O2S2/c1-6(9(11)15)16(13,14)12-8-5-3-2-4-7(8)10/h2-6,12H,1H3,(H2,11,15). The molecule has 0 spiro atoms. The molecule has 0 heterocycles. The number of rotatable bonds is 4. The summed E-state index contributed by atoms with van der Waals surface area (Å²) in [5.74, 6) is 0. The van der Waals surface area contributed by atoms with Crippen molar-refractivity contribution in [2.75, 3.05) is 4.72 Å². The number of sulfonamides is 1. The lowest BCUT2D eigenvalue weighted by Crippen LogP contribution is -2.35. The van der Waals surface area contributed by atoms with Crippen LogP contribution in [0.15, 0.2) is 24.3 Å². The van der Waals surface area contributed by atoms with Crippen LogP contribution in [0.3, 0.4) is 0 Å². The number of nitrogens with one attached hydrogen (secondary N) is 1. The number of hydrogen-bond donors (Lipinski definition) is 2. The van der Waals surface area contributed by atoms with Gasteiger partial charge in [0, 0.05) is 3.57 Å². The SMILES string of the molecule is CC(C(N)=S)S(=O)(=O)Nc1ccccc1I. The van der Waals surface area contributed by atoms with E-state index in [1.807, 2.05) is 12.1 Å². The van der Waals surface area contributed by atoms with E-state index >= 15 is 0 Å². The topological polar surface area (TPSA) is 72.2 Å². The van der Waals surface area contributed by atoms with E-state index in [0.29, 0.717) is 5.69 Å². The molecule has 0 saturated heterocycles. The second-order valence-electron chi connectivity index (χ2n) is 3.17. The van der Waals surface area contributed by atoms with Gasteiger partial charge in [0.2, 0.25) is 10.0 Å². The Morgan fingerprint density at radius 1 is 1.50 bits per heavy atom. The first-order valence-electron chi connectivity index (χ1n) is 4.40. The van der Waals surface area contributed by atoms with Crippen LogP contribution in [0.25, 0.3) is 0 Å². The summed E-state index contributed by atoms with van der Waals surface area (Å²) in [5.41, 5.74) is 5.86. The van der Waals surface area contributed by atoms with E-state index in [4.69, 9.17) is 5.73 Å². The summed E-state index contributed by atoms with van der Waals surface area (Å²) in [6.07, 6.45) is 0. The van der Waals surface area contributed by atoms with Crippen molar-refractivity contribution in [2.24, 2.45) is 5.73 Å². The summed E-state index contributed by atoms with van der Waals surface area (Å²) >= 11 is 6.72. The third-order valence-corrected chi connectivity index (χ3v) is 5.12. The average Bonchev–Trinajstić information content (AvgIpc) is 2.20. The van der Waals surface area contributed by atoms with Crippen molar-refractivity contribution in [3.8, 4) is 0 Å². The Labute approximate surface area is 114 Å². The molecule has 0 aliphatic rings. The van der Waals surface area contributed by atoms with Crippen LogP contribution in [0.2, 0.25) is 0 Å². The van der Waals surface area contributed by atoms with Gasteiger partial charge >= 0.3 is 0 Å². The van der Waals surface area contributed by atoms with E-state index in [1.165, 1.54) is 6.92 Å². The molecule has 7 heteroatoms. The fourth-order valence-corrected chi connectivity index (χ4v) is 2.99. The van der Waals surface area contributed by atoms with E-state index in [0.717, 1.165) is 3.57 Å². The molecule has 0 saturated carbocycles. The van der Waals surface area contributed by atoms with Crippen molar-refractivity contribution in [3.63, 3.8) is 0 Å². The molecule has 4 nitrogen and oxygen atoms in total. The van der Waals surface area contributed by atoms with Gasteiger partial charge in [0.25, 0.3) is 0 Å². The van der Waals surface area contributed by atoms with Crippen molar-refractivity contribution in [1.29, 1.82) is 0 Å². The summed E-state index contributed by atoms with van der Waals surface area (Å²) < 4.78 is 26.9. The lowest BCUT2D eigenvalue weighted by atomic mass is 10.3. The second-order valence-corrected chi connectivity index (χ2v) is 6.81. The van der Waals surface area contributed by atoms with Gasteiger partial charge in [0.1, 0.15) is 5.25 Å². The van der Waals surface area contributed by atoms with Crippen molar-refractivity contribution in [3.05, 3.63) is 27.8 Å². The molecule has 1 atom stereocenters. The first-order valence-corrected chi connectivity index (χ1v) is 7.43. The number of hydrogen-bond acceptors (Lipinski definition) is 3. The van der Waals surface area contributed by atoms with Gasteiger partial charge in [-0.05, 0) is 41.6 Å². The maximum absolute atomic E-state index is 11.8. The Morgan fingerprint density at radius 2 is 2.06 bits per heavy atom. The Bertz CT molecular complexity index is 502. The zero-order valence-corrected chi connectivity index (χ0v) is 12.3. The van der Waals surface area contributed by atoms with Crippen LogP contribution in [-0.2, 0) is 10.0 Å². The normalized spacial score (nSPS) is 13.1. The molecule has 88 valence electrons. The second kappa shape index (κ2) is 5.28. The highest BCUT2D eigenvalue weighted by Crippen LogP contribution is 2.19. The monoisotopic (exact) mass is 370 g/mol. The summed E-state index contributed by atoms with van der Waals surface area (Å²) in [6.45, 7) is 1.46. The molecular formula is C9H11IN2O2S2. The molecule has 0 radical (unpaired) electrons. The smallest absolute Gasteiger partial charge is 0.241 e. The van der Waals surface area contributed by atoms with E-state index in [1.54, 1.807) is 12.1 Å². The minimum atomic E-state index is -3.56. The number of anilines is 1. The van der Waals surface area contributed by atoms with Crippen molar-refractivity contribution < 1.29 is 8.42 Å². The number of benzene rings is 1. The highest BCUT2D eigenvalue weighted by molar-refractivity contribution is 14.1. The molecule has 0 bridgehead atoms. The summed E-state index contributed by atoms with van der Waals surface area (Å²) in [5, 5.41) is -0.890. The Morgan fingerprint density at radius 3 is 2.56 bits per heavy atom. The molecule has 16 heavy (non-hydrogen) atoms. The quantitative estimate of drug-likeness (QED) is 0.625. The summed E-state index contributed by atoms with van der Waals surface area (Å²) in [6, 6.07) is 7.08. The summed E-state index contributed by atoms with van der Waals surface area (Å²) in [7, 11) is -3.56. The van der Waals surface area contributed by atoms with Gasteiger partial charge in [-0.1, -0.05) is 24.4 Å². The highest BCUT2D eigenvalue weighted by Gasteiger charge is 2.23. The van der Waals surface area contributed by atoms with E-state index in [9.17, 15) is 8.42 Å². The third-order valence-electron chi connectivity index (χ3n) is 1.99. The number of nitrogens with two attached hydrogens (primary N) is 1. The van der Waals surface area contributed by atoms with Crippen LogP contribution in [0.5, 0.6) is 0 Å². The average molecular weight is 370 g/mol. The molecule has 1 unspecified atom stereocenters. The van der Waals surface area contributed by atoms with Crippen molar-refractivity contribution in [1.82, 2.24) is 0 Å².